The number of aromatic nitrogens is 1. The van der Waals surface area contributed by atoms with Crippen molar-refractivity contribution < 1.29 is 32.2 Å². The second-order valence-corrected chi connectivity index (χ2v) is 6.94. The number of rotatable bonds is 7. The quantitative estimate of drug-likeness (QED) is 0.542. The minimum Gasteiger partial charge on any atom is -0.486 e. The number of benzene rings is 2. The molecule has 0 fully saturated rings. The van der Waals surface area contributed by atoms with Crippen molar-refractivity contribution in [3.05, 3.63) is 70.6 Å². The van der Waals surface area contributed by atoms with Gasteiger partial charge in [0.1, 0.15) is 12.4 Å². The van der Waals surface area contributed by atoms with Crippen molar-refractivity contribution >= 4 is 5.97 Å². The number of aryl methyl sites for hydroxylation is 3. The molecular formula is C22H20F3NO4. The second kappa shape index (κ2) is 8.61. The number of carboxylic acid groups (broad SMARTS) is 1. The Morgan fingerprint density at radius 3 is 2.47 bits per heavy atom. The molecule has 0 aliphatic rings. The lowest BCUT2D eigenvalue weighted by Crippen LogP contribution is -2.03. The highest BCUT2D eigenvalue weighted by Gasteiger charge is 2.30. The van der Waals surface area contributed by atoms with E-state index < -0.39 is 17.7 Å². The third-order valence-corrected chi connectivity index (χ3v) is 4.46. The number of carboxylic acids is 1. The molecule has 0 amide bonds. The highest BCUT2D eigenvalue weighted by Crippen LogP contribution is 2.31. The zero-order valence-corrected chi connectivity index (χ0v) is 16.4. The van der Waals surface area contributed by atoms with Crippen LogP contribution in [0.4, 0.5) is 13.2 Å². The lowest BCUT2D eigenvalue weighted by atomic mass is 10.1. The molecule has 8 heteroatoms. The fourth-order valence-corrected chi connectivity index (χ4v) is 2.94. The topological polar surface area (TPSA) is 72.6 Å². The number of carbonyl (C=O) groups is 1. The molecule has 0 bridgehead atoms. The van der Waals surface area contributed by atoms with Gasteiger partial charge in [0, 0.05) is 12.0 Å². The molecule has 30 heavy (non-hydrogen) atoms. The number of oxazole rings is 1. The monoisotopic (exact) mass is 419 g/mol. The molecule has 158 valence electrons. The Hall–Kier alpha value is -3.29. The lowest BCUT2D eigenvalue weighted by molar-refractivity contribution is -0.138. The van der Waals surface area contributed by atoms with Gasteiger partial charge in [-0.15, -0.1) is 0 Å². The van der Waals surface area contributed by atoms with Crippen LogP contribution in [0.1, 0.15) is 34.6 Å². The van der Waals surface area contributed by atoms with Crippen molar-refractivity contribution in [2.45, 2.75) is 39.5 Å². The van der Waals surface area contributed by atoms with Crippen molar-refractivity contribution in [3.8, 4) is 17.2 Å². The zero-order chi connectivity index (χ0) is 21.9. The van der Waals surface area contributed by atoms with Gasteiger partial charge < -0.3 is 14.3 Å². The molecule has 0 unspecified atom stereocenters. The van der Waals surface area contributed by atoms with Crippen LogP contribution >= 0.6 is 0 Å². The molecule has 0 saturated heterocycles. The third-order valence-electron chi connectivity index (χ3n) is 4.46. The molecule has 0 saturated carbocycles. The van der Waals surface area contributed by atoms with E-state index in [4.69, 9.17) is 14.3 Å². The first kappa shape index (κ1) is 21.4. The summed E-state index contributed by atoms with van der Waals surface area (Å²) in [7, 11) is 0. The van der Waals surface area contributed by atoms with E-state index in [9.17, 15) is 18.0 Å². The van der Waals surface area contributed by atoms with E-state index in [0.717, 1.165) is 23.3 Å². The number of alkyl halides is 3. The van der Waals surface area contributed by atoms with E-state index >= 15 is 0 Å². The van der Waals surface area contributed by atoms with E-state index in [-0.39, 0.29) is 18.9 Å². The van der Waals surface area contributed by atoms with Crippen LogP contribution in [0, 0.1) is 13.8 Å². The summed E-state index contributed by atoms with van der Waals surface area (Å²) in [5.41, 5.74) is 2.06. The Labute approximate surface area is 171 Å². The molecule has 0 atom stereocenters. The third kappa shape index (κ3) is 5.40. The van der Waals surface area contributed by atoms with Crippen LogP contribution in [0.3, 0.4) is 0 Å². The zero-order valence-electron chi connectivity index (χ0n) is 16.4. The van der Waals surface area contributed by atoms with Crippen molar-refractivity contribution in [3.63, 3.8) is 0 Å². The number of ether oxygens (including phenoxy) is 1. The maximum Gasteiger partial charge on any atom is 0.416 e. The summed E-state index contributed by atoms with van der Waals surface area (Å²) < 4.78 is 49.6. The standard InChI is InChI=1S/C22H20F3NO4/c1-13-9-15(3-8-20(27)28)11-18(10-13)29-12-19-14(2)26-21(30-19)16-4-6-17(7-5-16)22(23,24)25/h4-7,9-11H,3,8,12H2,1-2H3,(H,27,28). The summed E-state index contributed by atoms with van der Waals surface area (Å²) in [6, 6.07) is 10.1. The fourth-order valence-electron chi connectivity index (χ4n) is 2.94. The van der Waals surface area contributed by atoms with Crippen molar-refractivity contribution in [2.24, 2.45) is 0 Å². The van der Waals surface area contributed by atoms with E-state index in [1.807, 2.05) is 19.1 Å². The van der Waals surface area contributed by atoms with Crippen LogP contribution < -0.4 is 4.74 Å². The van der Waals surface area contributed by atoms with Gasteiger partial charge >= 0.3 is 12.1 Å². The summed E-state index contributed by atoms with van der Waals surface area (Å²) in [5.74, 6) is 0.374. The van der Waals surface area contributed by atoms with Crippen LogP contribution in [0.25, 0.3) is 11.5 Å². The summed E-state index contributed by atoms with van der Waals surface area (Å²) in [6.45, 7) is 3.70. The molecule has 3 rings (SSSR count). The maximum absolute atomic E-state index is 12.7. The number of hydrogen-bond donors (Lipinski definition) is 1. The molecule has 1 N–H and O–H groups in total. The van der Waals surface area contributed by atoms with Crippen LogP contribution in [0.15, 0.2) is 46.9 Å². The Kier molecular flexibility index (Phi) is 6.14. The van der Waals surface area contributed by atoms with Crippen molar-refractivity contribution in [1.82, 2.24) is 4.98 Å². The maximum atomic E-state index is 12.7. The van der Waals surface area contributed by atoms with Gasteiger partial charge in [-0.2, -0.15) is 13.2 Å². The molecule has 0 aliphatic heterocycles. The number of nitrogens with zero attached hydrogens (tertiary/aromatic N) is 1. The van der Waals surface area contributed by atoms with Gasteiger partial charge in [0.05, 0.1) is 11.3 Å². The van der Waals surface area contributed by atoms with Crippen LogP contribution in [-0.2, 0) is 24.0 Å². The normalized spacial score (nSPS) is 11.5. The predicted octanol–water partition coefficient (Wildman–Crippen LogP) is 5.57. The van der Waals surface area contributed by atoms with E-state index in [1.54, 1.807) is 13.0 Å². The highest BCUT2D eigenvalue weighted by molar-refractivity contribution is 5.67. The van der Waals surface area contributed by atoms with Gasteiger partial charge in [0.25, 0.3) is 0 Å². The summed E-state index contributed by atoms with van der Waals surface area (Å²) >= 11 is 0. The molecular weight excluding hydrogens is 399 g/mol. The molecule has 0 spiro atoms. The highest BCUT2D eigenvalue weighted by atomic mass is 19.4. The average molecular weight is 419 g/mol. The van der Waals surface area contributed by atoms with E-state index in [2.05, 4.69) is 4.98 Å². The Morgan fingerprint density at radius 2 is 1.83 bits per heavy atom. The Balaban J connectivity index is 1.72. The van der Waals surface area contributed by atoms with Gasteiger partial charge in [0.15, 0.2) is 5.76 Å². The minimum atomic E-state index is -4.40. The van der Waals surface area contributed by atoms with E-state index in [1.165, 1.54) is 12.1 Å². The molecule has 2 aromatic carbocycles. The minimum absolute atomic E-state index is 0.0284. The summed E-state index contributed by atoms with van der Waals surface area (Å²) in [4.78, 5) is 15.0. The molecule has 0 radical (unpaired) electrons. The Morgan fingerprint density at radius 1 is 1.13 bits per heavy atom. The second-order valence-electron chi connectivity index (χ2n) is 6.94. The molecule has 3 aromatic rings. The first-order chi connectivity index (χ1) is 14.1. The van der Waals surface area contributed by atoms with Crippen LogP contribution in [-0.4, -0.2) is 16.1 Å². The molecule has 1 aromatic heterocycles. The van der Waals surface area contributed by atoms with Gasteiger partial charge in [-0.1, -0.05) is 6.07 Å². The summed E-state index contributed by atoms with van der Waals surface area (Å²) in [6.07, 6.45) is -3.98. The van der Waals surface area contributed by atoms with Crippen LogP contribution in [0.2, 0.25) is 0 Å². The van der Waals surface area contributed by atoms with Crippen LogP contribution in [0.5, 0.6) is 5.75 Å². The SMILES string of the molecule is Cc1cc(CCC(=O)O)cc(OCc2oc(-c3ccc(C(F)(F)F)cc3)nc2C)c1. The van der Waals surface area contributed by atoms with Crippen molar-refractivity contribution in [2.75, 3.05) is 0 Å². The first-order valence-corrected chi connectivity index (χ1v) is 9.21. The largest absolute Gasteiger partial charge is 0.486 e. The smallest absolute Gasteiger partial charge is 0.416 e. The first-order valence-electron chi connectivity index (χ1n) is 9.21. The average Bonchev–Trinajstić information content (AvgIpc) is 3.04. The van der Waals surface area contributed by atoms with Crippen molar-refractivity contribution in [1.29, 1.82) is 0 Å². The fraction of sp³-hybridized carbons (Fsp3) is 0.273. The van der Waals surface area contributed by atoms with Gasteiger partial charge in [-0.25, -0.2) is 4.98 Å². The lowest BCUT2D eigenvalue weighted by Gasteiger charge is -2.09. The predicted molar refractivity (Wildman–Crippen MR) is 103 cm³/mol. The van der Waals surface area contributed by atoms with Gasteiger partial charge in [-0.3, -0.25) is 4.79 Å². The number of halogens is 3. The van der Waals surface area contributed by atoms with E-state index in [0.29, 0.717) is 29.2 Å². The Bertz CT molecular complexity index is 1040. The number of hydrogen-bond acceptors (Lipinski definition) is 4. The van der Waals surface area contributed by atoms with Gasteiger partial charge in [-0.05, 0) is 67.8 Å². The molecule has 5 nitrogen and oxygen atoms in total. The summed E-state index contributed by atoms with van der Waals surface area (Å²) in [5, 5.41) is 8.84. The molecule has 1 heterocycles. The van der Waals surface area contributed by atoms with Gasteiger partial charge in [0.2, 0.25) is 5.89 Å². The number of aliphatic carboxylic acids is 1. The molecule has 0 aliphatic carbocycles.